The first-order valence-corrected chi connectivity index (χ1v) is 13.2. The first-order valence-electron chi connectivity index (χ1n) is 12.8. The highest BCUT2D eigenvalue weighted by Crippen LogP contribution is 2.38. The number of amides is 2. The second-order valence-corrected chi connectivity index (χ2v) is 9.92. The van der Waals surface area contributed by atoms with Crippen molar-refractivity contribution in [3.63, 3.8) is 0 Å². The summed E-state index contributed by atoms with van der Waals surface area (Å²) < 4.78 is 19.1. The minimum atomic E-state index is -0.715. The van der Waals surface area contributed by atoms with Crippen molar-refractivity contribution in [3.05, 3.63) is 87.8 Å². The number of hydrogen-bond donors (Lipinski definition) is 2. The number of ether oxygens (including phenoxy) is 1. The van der Waals surface area contributed by atoms with Crippen molar-refractivity contribution in [3.8, 4) is 0 Å². The smallest absolute Gasteiger partial charge is 0.261 e. The quantitative estimate of drug-likeness (QED) is 0.321. The fourth-order valence-corrected chi connectivity index (χ4v) is 4.96. The third-order valence-electron chi connectivity index (χ3n) is 6.80. The number of aromatic nitrogens is 1. The molecule has 2 aliphatic rings. The SMILES string of the molecule is CC1=C(N(/N=C/C(N)=O)c2ccc(F)cc2)c2cc(NC(=O)c3cc(N4CCOCC4)ncc3Cl)ccc2CC1. The summed E-state index contributed by atoms with van der Waals surface area (Å²) in [7, 11) is 0. The summed E-state index contributed by atoms with van der Waals surface area (Å²) in [4.78, 5) is 31.3. The van der Waals surface area contributed by atoms with Crippen molar-refractivity contribution >= 4 is 52.5 Å². The summed E-state index contributed by atoms with van der Waals surface area (Å²) in [5, 5.41) is 9.09. The lowest BCUT2D eigenvalue weighted by Crippen LogP contribution is -2.36. The van der Waals surface area contributed by atoms with E-state index in [9.17, 15) is 14.0 Å². The summed E-state index contributed by atoms with van der Waals surface area (Å²) in [6.45, 7) is 4.52. The number of hydrogen-bond acceptors (Lipinski definition) is 7. The molecule has 2 heterocycles. The van der Waals surface area contributed by atoms with E-state index in [4.69, 9.17) is 22.1 Å². The topological polar surface area (TPSA) is 113 Å². The molecule has 11 heteroatoms. The van der Waals surface area contributed by atoms with E-state index in [0.29, 0.717) is 49.1 Å². The molecule has 206 valence electrons. The van der Waals surface area contributed by atoms with Crippen LogP contribution in [0.2, 0.25) is 5.02 Å². The fraction of sp³-hybridized carbons (Fsp3) is 0.241. The van der Waals surface area contributed by atoms with Gasteiger partial charge in [0.25, 0.3) is 11.8 Å². The molecule has 0 bridgehead atoms. The molecule has 1 aliphatic heterocycles. The zero-order valence-electron chi connectivity index (χ0n) is 21.9. The lowest BCUT2D eigenvalue weighted by molar-refractivity contribution is -0.111. The standard InChI is InChI=1S/C29H28ClFN6O3/c1-18-2-3-19-4-7-21(35-29(39)24-15-27(33-16-25(24)30)36-10-12-40-13-11-36)14-23(19)28(18)37(34-17-26(32)38)22-8-5-20(31)6-9-22/h4-9,14-17H,2-3,10-13H2,1H3,(H2,32,38)(H,35,39)/b34-17+. The average Bonchev–Trinajstić information content (AvgIpc) is 2.95. The number of primary amides is 1. The number of benzene rings is 2. The van der Waals surface area contributed by atoms with Gasteiger partial charge in [0.2, 0.25) is 0 Å². The number of aryl methyl sites for hydroxylation is 1. The first-order chi connectivity index (χ1) is 19.3. The van der Waals surface area contributed by atoms with Crippen LogP contribution in [-0.4, -0.2) is 49.3 Å². The molecule has 2 amide bonds. The molecule has 1 aromatic heterocycles. The maximum absolute atomic E-state index is 13.7. The molecule has 0 radical (unpaired) electrons. The van der Waals surface area contributed by atoms with Gasteiger partial charge in [-0.05, 0) is 73.4 Å². The van der Waals surface area contributed by atoms with E-state index in [0.717, 1.165) is 41.5 Å². The van der Waals surface area contributed by atoms with Crippen LogP contribution < -0.4 is 21.0 Å². The molecule has 1 saturated heterocycles. The number of morpholine rings is 1. The van der Waals surface area contributed by atoms with E-state index in [1.54, 1.807) is 23.2 Å². The molecule has 0 unspecified atom stereocenters. The average molecular weight is 563 g/mol. The van der Waals surface area contributed by atoms with Crippen molar-refractivity contribution in [2.24, 2.45) is 10.8 Å². The van der Waals surface area contributed by atoms with E-state index < -0.39 is 11.7 Å². The molecule has 2 aromatic carbocycles. The monoisotopic (exact) mass is 562 g/mol. The van der Waals surface area contributed by atoms with Crippen LogP contribution in [0, 0.1) is 5.82 Å². The lowest BCUT2D eigenvalue weighted by Gasteiger charge is -2.30. The number of rotatable bonds is 7. The third kappa shape index (κ3) is 5.98. The highest BCUT2D eigenvalue weighted by molar-refractivity contribution is 6.34. The Hall–Kier alpha value is -4.28. The number of nitrogens with two attached hydrogens (primary N) is 1. The van der Waals surface area contributed by atoms with E-state index in [2.05, 4.69) is 15.4 Å². The van der Waals surface area contributed by atoms with Crippen LogP contribution in [0.25, 0.3) is 5.70 Å². The van der Waals surface area contributed by atoms with E-state index in [1.807, 2.05) is 30.0 Å². The number of nitrogens with zero attached hydrogens (tertiary/aromatic N) is 4. The minimum absolute atomic E-state index is 0.243. The Labute approximate surface area is 236 Å². The van der Waals surface area contributed by atoms with Gasteiger partial charge in [0.1, 0.15) is 17.8 Å². The Kier molecular flexibility index (Phi) is 8.09. The largest absolute Gasteiger partial charge is 0.378 e. The number of anilines is 3. The van der Waals surface area contributed by atoms with Crippen LogP contribution in [0.15, 0.2) is 65.4 Å². The Morgan fingerprint density at radius 3 is 2.62 bits per heavy atom. The van der Waals surface area contributed by atoms with Gasteiger partial charge in [0.05, 0.1) is 35.2 Å². The van der Waals surface area contributed by atoms with Gasteiger partial charge >= 0.3 is 0 Å². The highest BCUT2D eigenvalue weighted by Gasteiger charge is 2.24. The van der Waals surface area contributed by atoms with E-state index >= 15 is 0 Å². The lowest BCUT2D eigenvalue weighted by atomic mass is 9.89. The van der Waals surface area contributed by atoms with Gasteiger partial charge in [0.15, 0.2) is 0 Å². The number of carbonyl (C=O) groups excluding carboxylic acids is 2. The van der Waals surface area contributed by atoms with Crippen LogP contribution >= 0.6 is 11.6 Å². The van der Waals surface area contributed by atoms with Gasteiger partial charge in [-0.15, -0.1) is 0 Å². The van der Waals surface area contributed by atoms with Crippen LogP contribution in [0.1, 0.15) is 34.8 Å². The van der Waals surface area contributed by atoms with Crippen LogP contribution in [0.3, 0.4) is 0 Å². The Morgan fingerprint density at radius 1 is 1.15 bits per heavy atom. The van der Waals surface area contributed by atoms with Crippen LogP contribution in [-0.2, 0) is 16.0 Å². The number of pyridine rings is 1. The summed E-state index contributed by atoms with van der Waals surface area (Å²) >= 11 is 6.37. The number of nitrogens with one attached hydrogen (secondary N) is 1. The Balaban J connectivity index is 1.47. The second-order valence-electron chi connectivity index (χ2n) is 9.51. The second kappa shape index (κ2) is 11.8. The number of allylic oxidation sites excluding steroid dienone is 1. The van der Waals surface area contributed by atoms with Gasteiger partial charge in [-0.3, -0.25) is 9.59 Å². The first kappa shape index (κ1) is 27.3. The van der Waals surface area contributed by atoms with Gasteiger partial charge < -0.3 is 20.7 Å². The molecular weight excluding hydrogens is 535 g/mol. The fourth-order valence-electron chi connectivity index (χ4n) is 4.77. The predicted molar refractivity (Wildman–Crippen MR) is 154 cm³/mol. The normalized spacial score (nSPS) is 15.2. The van der Waals surface area contributed by atoms with E-state index in [-0.39, 0.29) is 10.9 Å². The van der Waals surface area contributed by atoms with E-state index in [1.165, 1.54) is 18.3 Å². The van der Waals surface area contributed by atoms with Crippen molar-refractivity contribution in [1.29, 1.82) is 0 Å². The van der Waals surface area contributed by atoms with Crippen molar-refractivity contribution in [2.75, 3.05) is 41.5 Å². The molecule has 5 rings (SSSR count). The van der Waals surface area contributed by atoms with Gasteiger partial charge in [-0.1, -0.05) is 17.7 Å². The van der Waals surface area contributed by atoms with Gasteiger partial charge in [0, 0.05) is 30.5 Å². The number of carbonyl (C=O) groups is 2. The minimum Gasteiger partial charge on any atom is -0.378 e. The summed E-state index contributed by atoms with van der Waals surface area (Å²) in [6, 6.07) is 13.1. The molecule has 0 spiro atoms. The highest BCUT2D eigenvalue weighted by atomic mass is 35.5. The predicted octanol–water partition coefficient (Wildman–Crippen LogP) is 4.62. The molecule has 1 fully saturated rings. The summed E-state index contributed by atoms with van der Waals surface area (Å²) in [6.07, 6.45) is 4.04. The van der Waals surface area contributed by atoms with Gasteiger partial charge in [-0.25, -0.2) is 14.4 Å². The molecule has 9 nitrogen and oxygen atoms in total. The zero-order valence-corrected chi connectivity index (χ0v) is 22.6. The van der Waals surface area contributed by atoms with Crippen molar-refractivity contribution < 1.29 is 18.7 Å². The van der Waals surface area contributed by atoms with Crippen molar-refractivity contribution in [2.45, 2.75) is 19.8 Å². The molecule has 3 aromatic rings. The van der Waals surface area contributed by atoms with Crippen LogP contribution in [0.4, 0.5) is 21.6 Å². The molecule has 0 atom stereocenters. The zero-order chi connectivity index (χ0) is 28.2. The molecule has 3 N–H and O–H groups in total. The summed E-state index contributed by atoms with van der Waals surface area (Å²) in [5.41, 5.74) is 10.3. The maximum atomic E-state index is 13.7. The van der Waals surface area contributed by atoms with Crippen molar-refractivity contribution in [1.82, 2.24) is 4.98 Å². The number of fused-ring (bicyclic) bond motifs is 1. The molecule has 1 aliphatic carbocycles. The number of halogens is 2. The molecule has 40 heavy (non-hydrogen) atoms. The third-order valence-corrected chi connectivity index (χ3v) is 7.10. The van der Waals surface area contributed by atoms with Gasteiger partial charge in [-0.2, -0.15) is 5.10 Å². The number of hydrazone groups is 1. The maximum Gasteiger partial charge on any atom is 0.261 e. The molecular formula is C29H28ClFN6O3. The summed E-state index contributed by atoms with van der Waals surface area (Å²) in [5.74, 6) is -0.824. The molecule has 0 saturated carbocycles. The Bertz CT molecular complexity index is 1500. The Morgan fingerprint density at radius 2 is 1.90 bits per heavy atom. The van der Waals surface area contributed by atoms with Crippen LogP contribution in [0.5, 0.6) is 0 Å².